The standard InChI is InChI=1S/C16H22N6O2/c1-24-9-4-16(2-3-16)15(23)21-7-5-20(6-8-21)14-11-17-10-13-18-12-19-22(13)14/h10-12H,2-9H2,1H3. The Morgan fingerprint density at radius 1 is 1.25 bits per heavy atom. The minimum Gasteiger partial charge on any atom is -0.385 e. The van der Waals surface area contributed by atoms with Gasteiger partial charge < -0.3 is 14.5 Å². The molecule has 0 N–H and O–H groups in total. The van der Waals surface area contributed by atoms with Crippen LogP contribution in [0.5, 0.6) is 0 Å². The summed E-state index contributed by atoms with van der Waals surface area (Å²) in [7, 11) is 1.69. The fraction of sp³-hybridized carbons (Fsp3) is 0.625. The Labute approximate surface area is 140 Å². The van der Waals surface area contributed by atoms with Gasteiger partial charge in [0.1, 0.15) is 6.33 Å². The van der Waals surface area contributed by atoms with Crippen LogP contribution in [0.1, 0.15) is 19.3 Å². The molecule has 8 nitrogen and oxygen atoms in total. The third kappa shape index (κ3) is 2.60. The van der Waals surface area contributed by atoms with Crippen molar-refractivity contribution in [2.24, 2.45) is 5.41 Å². The van der Waals surface area contributed by atoms with Gasteiger partial charge in [-0.05, 0) is 19.3 Å². The van der Waals surface area contributed by atoms with Crippen molar-refractivity contribution in [2.45, 2.75) is 19.3 Å². The van der Waals surface area contributed by atoms with Crippen molar-refractivity contribution in [3.8, 4) is 0 Å². The van der Waals surface area contributed by atoms with E-state index in [0.717, 1.165) is 56.9 Å². The molecule has 1 aliphatic carbocycles. The smallest absolute Gasteiger partial charge is 0.228 e. The third-order valence-corrected chi connectivity index (χ3v) is 5.15. The molecule has 2 aliphatic rings. The zero-order valence-corrected chi connectivity index (χ0v) is 13.9. The summed E-state index contributed by atoms with van der Waals surface area (Å²) in [6.07, 6.45) is 7.87. The molecule has 1 saturated heterocycles. The SMILES string of the molecule is COCCC1(C(=O)N2CCN(c3cncc4ncnn34)CC2)CC1. The van der Waals surface area contributed by atoms with Crippen LogP contribution in [-0.2, 0) is 9.53 Å². The van der Waals surface area contributed by atoms with E-state index in [4.69, 9.17) is 4.74 Å². The number of rotatable bonds is 5. The largest absolute Gasteiger partial charge is 0.385 e. The normalized spacial score (nSPS) is 19.7. The van der Waals surface area contributed by atoms with E-state index < -0.39 is 0 Å². The van der Waals surface area contributed by atoms with Gasteiger partial charge >= 0.3 is 0 Å². The molecule has 24 heavy (non-hydrogen) atoms. The van der Waals surface area contributed by atoms with E-state index in [-0.39, 0.29) is 5.41 Å². The predicted octanol–water partition coefficient (Wildman–Crippen LogP) is 0.590. The summed E-state index contributed by atoms with van der Waals surface area (Å²) in [6.45, 7) is 3.70. The molecular weight excluding hydrogens is 308 g/mol. The number of amides is 1. The molecule has 0 aromatic carbocycles. The highest BCUT2D eigenvalue weighted by Crippen LogP contribution is 2.50. The van der Waals surface area contributed by atoms with E-state index in [9.17, 15) is 4.79 Å². The van der Waals surface area contributed by atoms with Crippen molar-refractivity contribution >= 4 is 17.4 Å². The molecule has 4 rings (SSSR count). The number of fused-ring (bicyclic) bond motifs is 1. The predicted molar refractivity (Wildman–Crippen MR) is 87.7 cm³/mol. The number of anilines is 1. The fourth-order valence-corrected chi connectivity index (χ4v) is 3.45. The number of ether oxygens (including phenoxy) is 1. The Morgan fingerprint density at radius 2 is 2.04 bits per heavy atom. The highest BCUT2D eigenvalue weighted by molar-refractivity contribution is 5.85. The molecule has 0 bridgehead atoms. The number of nitrogens with zero attached hydrogens (tertiary/aromatic N) is 6. The molecule has 2 aromatic rings. The minimum absolute atomic E-state index is 0.147. The van der Waals surface area contributed by atoms with Crippen LogP contribution in [-0.4, -0.2) is 70.3 Å². The molecule has 8 heteroatoms. The fourth-order valence-electron chi connectivity index (χ4n) is 3.45. The minimum atomic E-state index is -0.147. The number of methoxy groups -OCH3 is 1. The van der Waals surface area contributed by atoms with Crippen molar-refractivity contribution < 1.29 is 9.53 Å². The van der Waals surface area contributed by atoms with E-state index >= 15 is 0 Å². The van der Waals surface area contributed by atoms with Crippen LogP contribution in [0.4, 0.5) is 5.82 Å². The van der Waals surface area contributed by atoms with Gasteiger partial charge in [-0.25, -0.2) is 4.98 Å². The van der Waals surface area contributed by atoms with Crippen LogP contribution in [0.3, 0.4) is 0 Å². The van der Waals surface area contributed by atoms with Crippen molar-refractivity contribution in [2.75, 3.05) is 44.8 Å². The summed E-state index contributed by atoms with van der Waals surface area (Å²) >= 11 is 0. The Kier molecular flexibility index (Phi) is 3.84. The maximum absolute atomic E-state index is 12.8. The van der Waals surface area contributed by atoms with Gasteiger partial charge in [0.25, 0.3) is 0 Å². The Hall–Kier alpha value is -2.22. The van der Waals surface area contributed by atoms with E-state index in [1.807, 2.05) is 4.90 Å². The lowest BCUT2D eigenvalue weighted by Crippen LogP contribution is -2.51. The van der Waals surface area contributed by atoms with Crippen LogP contribution < -0.4 is 4.90 Å². The van der Waals surface area contributed by atoms with Gasteiger partial charge in [-0.15, -0.1) is 0 Å². The van der Waals surface area contributed by atoms with Gasteiger partial charge in [-0.2, -0.15) is 9.61 Å². The lowest BCUT2D eigenvalue weighted by Gasteiger charge is -2.37. The van der Waals surface area contributed by atoms with E-state index in [2.05, 4.69) is 20.0 Å². The molecule has 0 unspecified atom stereocenters. The van der Waals surface area contributed by atoms with Crippen LogP contribution in [0, 0.1) is 5.41 Å². The van der Waals surface area contributed by atoms with Gasteiger partial charge in [0.05, 0.1) is 17.8 Å². The molecule has 1 aliphatic heterocycles. The Morgan fingerprint density at radius 3 is 2.75 bits per heavy atom. The first-order chi connectivity index (χ1) is 11.7. The molecule has 2 fully saturated rings. The summed E-state index contributed by atoms with van der Waals surface area (Å²) in [6, 6.07) is 0. The monoisotopic (exact) mass is 330 g/mol. The second kappa shape index (κ2) is 6.01. The van der Waals surface area contributed by atoms with Crippen LogP contribution in [0.2, 0.25) is 0 Å². The average molecular weight is 330 g/mol. The van der Waals surface area contributed by atoms with Gasteiger partial charge in [0.2, 0.25) is 5.91 Å². The number of hydrogen-bond donors (Lipinski definition) is 0. The molecule has 0 atom stereocenters. The Balaban J connectivity index is 1.42. The topological polar surface area (TPSA) is 75.9 Å². The number of piperazine rings is 1. The maximum atomic E-state index is 12.8. The summed E-state index contributed by atoms with van der Waals surface area (Å²) in [5.41, 5.74) is 0.591. The third-order valence-electron chi connectivity index (χ3n) is 5.15. The van der Waals surface area contributed by atoms with Gasteiger partial charge in [0.15, 0.2) is 11.5 Å². The van der Waals surface area contributed by atoms with E-state index in [1.54, 1.807) is 24.0 Å². The van der Waals surface area contributed by atoms with Gasteiger partial charge in [0, 0.05) is 39.9 Å². The summed E-state index contributed by atoms with van der Waals surface area (Å²) in [4.78, 5) is 25.4. The van der Waals surface area contributed by atoms with Crippen molar-refractivity contribution in [3.63, 3.8) is 0 Å². The van der Waals surface area contributed by atoms with Crippen LogP contribution in [0.15, 0.2) is 18.7 Å². The quantitative estimate of drug-likeness (QED) is 0.799. The van der Waals surface area contributed by atoms with Crippen molar-refractivity contribution in [1.29, 1.82) is 0 Å². The highest BCUT2D eigenvalue weighted by atomic mass is 16.5. The van der Waals surface area contributed by atoms with Gasteiger partial charge in [-0.3, -0.25) is 9.78 Å². The van der Waals surface area contributed by atoms with Crippen LogP contribution >= 0.6 is 0 Å². The van der Waals surface area contributed by atoms with Gasteiger partial charge in [-0.1, -0.05) is 0 Å². The molecule has 2 aromatic heterocycles. The Bertz CT molecular complexity index is 733. The first-order valence-electron chi connectivity index (χ1n) is 8.40. The molecule has 0 spiro atoms. The lowest BCUT2D eigenvalue weighted by atomic mass is 10.0. The zero-order valence-electron chi connectivity index (χ0n) is 13.9. The summed E-state index contributed by atoms with van der Waals surface area (Å²) in [5, 5.41) is 4.26. The van der Waals surface area contributed by atoms with Crippen LogP contribution in [0.25, 0.3) is 5.65 Å². The maximum Gasteiger partial charge on any atom is 0.228 e. The number of hydrogen-bond acceptors (Lipinski definition) is 6. The molecule has 128 valence electrons. The van der Waals surface area contributed by atoms with E-state index in [0.29, 0.717) is 12.5 Å². The molecular formula is C16H22N6O2. The first kappa shape index (κ1) is 15.3. The molecule has 1 amide bonds. The van der Waals surface area contributed by atoms with E-state index in [1.165, 1.54) is 6.33 Å². The van der Waals surface area contributed by atoms with Crippen molar-refractivity contribution in [1.82, 2.24) is 24.5 Å². The van der Waals surface area contributed by atoms with Crippen molar-refractivity contribution in [3.05, 3.63) is 18.7 Å². The second-order valence-electron chi connectivity index (χ2n) is 6.60. The average Bonchev–Trinajstić information content (AvgIpc) is 3.26. The molecule has 3 heterocycles. The number of aromatic nitrogens is 4. The second-order valence-corrected chi connectivity index (χ2v) is 6.60. The highest BCUT2D eigenvalue weighted by Gasteiger charge is 2.51. The first-order valence-corrected chi connectivity index (χ1v) is 8.40. The zero-order chi connectivity index (χ0) is 16.6. The number of carbonyl (C=O) groups excluding carboxylic acids is 1. The molecule has 1 saturated carbocycles. The molecule has 0 radical (unpaired) electrons. The number of carbonyl (C=O) groups is 1. The summed E-state index contributed by atoms with van der Waals surface area (Å²) < 4.78 is 6.96. The lowest BCUT2D eigenvalue weighted by molar-refractivity contribution is -0.138. The summed E-state index contributed by atoms with van der Waals surface area (Å²) in [5.74, 6) is 1.23.